The lowest BCUT2D eigenvalue weighted by molar-refractivity contribution is -0.139. The zero-order valence-corrected chi connectivity index (χ0v) is 16.5. The number of Topliss-reactive ketones (excluding diaryl/α,β-unsaturated/α-hetero) is 1. The lowest BCUT2D eigenvalue weighted by Gasteiger charge is -2.15. The minimum absolute atomic E-state index is 0.0743. The van der Waals surface area contributed by atoms with Crippen LogP contribution in [0.2, 0.25) is 0 Å². The average Bonchev–Trinajstić information content (AvgIpc) is 2.64. The first kappa shape index (κ1) is 24.5. The third-order valence-corrected chi connectivity index (χ3v) is 4.99. The van der Waals surface area contributed by atoms with Crippen LogP contribution in [-0.2, 0) is 9.59 Å². The fourth-order valence-electron chi connectivity index (χ4n) is 1.80. The molecule has 6 N–H and O–H groups in total. The Hall–Kier alpha value is -1.55. The van der Waals surface area contributed by atoms with Crippen LogP contribution in [0.5, 0.6) is 0 Å². The number of carboxylic acids is 2. The van der Waals surface area contributed by atoms with Gasteiger partial charge in [-0.05, 0) is 31.1 Å². The molecule has 9 heteroatoms. The zero-order valence-electron chi connectivity index (χ0n) is 14.8. The highest BCUT2D eigenvalue weighted by atomic mass is 32.2. The summed E-state index contributed by atoms with van der Waals surface area (Å²) in [7, 11) is 0. The Kier molecular flexibility index (Phi) is 12.8. The summed E-state index contributed by atoms with van der Waals surface area (Å²) >= 11 is 2.93. The van der Waals surface area contributed by atoms with Crippen LogP contribution in [0.4, 0.5) is 0 Å². The number of ketones is 1. The maximum atomic E-state index is 12.1. The van der Waals surface area contributed by atoms with Gasteiger partial charge in [0.15, 0.2) is 5.78 Å². The van der Waals surface area contributed by atoms with Crippen molar-refractivity contribution in [2.24, 2.45) is 11.5 Å². The van der Waals surface area contributed by atoms with Crippen molar-refractivity contribution in [2.45, 2.75) is 30.2 Å². The Morgan fingerprint density at radius 3 is 1.96 bits per heavy atom. The summed E-state index contributed by atoms with van der Waals surface area (Å²) in [4.78, 5) is 32.8. The molecular formula is C17H26N2O5S2. The van der Waals surface area contributed by atoms with E-state index in [1.807, 2.05) is 12.3 Å². The molecule has 0 amide bonds. The summed E-state index contributed by atoms with van der Waals surface area (Å²) in [5.74, 6) is -1.25. The second kappa shape index (κ2) is 13.6. The summed E-state index contributed by atoms with van der Waals surface area (Å²) in [5.41, 5.74) is 11.2. The molecule has 0 radical (unpaired) electrons. The van der Waals surface area contributed by atoms with Gasteiger partial charge in [-0.2, -0.15) is 23.5 Å². The van der Waals surface area contributed by atoms with E-state index >= 15 is 0 Å². The van der Waals surface area contributed by atoms with Crippen LogP contribution in [0.15, 0.2) is 30.3 Å². The third-order valence-electron chi connectivity index (χ3n) is 3.37. The first-order chi connectivity index (χ1) is 12.2. The van der Waals surface area contributed by atoms with Gasteiger partial charge >= 0.3 is 11.9 Å². The Labute approximate surface area is 161 Å². The maximum absolute atomic E-state index is 12.1. The second-order valence-electron chi connectivity index (χ2n) is 5.36. The molecule has 1 aromatic carbocycles. The molecule has 1 rings (SSSR count). The van der Waals surface area contributed by atoms with E-state index in [1.54, 1.807) is 42.3 Å². The van der Waals surface area contributed by atoms with Crippen molar-refractivity contribution in [3.05, 3.63) is 35.9 Å². The van der Waals surface area contributed by atoms with Crippen molar-refractivity contribution < 1.29 is 24.6 Å². The van der Waals surface area contributed by atoms with Crippen LogP contribution in [0, 0.1) is 0 Å². The normalized spacial score (nSPS) is 13.7. The lowest BCUT2D eigenvalue weighted by Crippen LogP contribution is -2.35. The Morgan fingerprint density at radius 2 is 1.54 bits per heavy atom. The molecule has 0 aliphatic rings. The van der Waals surface area contributed by atoms with Crippen LogP contribution < -0.4 is 11.5 Å². The minimum atomic E-state index is -1.08. The van der Waals surface area contributed by atoms with E-state index in [0.29, 0.717) is 12.0 Å². The van der Waals surface area contributed by atoms with Crippen LogP contribution in [-0.4, -0.2) is 63.5 Å². The molecule has 0 bridgehead atoms. The Balaban J connectivity index is 0.000000590. The van der Waals surface area contributed by atoms with Gasteiger partial charge in [0.05, 0.1) is 5.25 Å². The first-order valence-electron chi connectivity index (χ1n) is 7.82. The number of benzene rings is 1. The summed E-state index contributed by atoms with van der Waals surface area (Å²) in [6.45, 7) is 0. The highest BCUT2D eigenvalue weighted by Crippen LogP contribution is 2.18. The number of hydrogen-bond acceptors (Lipinski definition) is 7. The van der Waals surface area contributed by atoms with E-state index in [0.717, 1.165) is 5.75 Å². The topological polar surface area (TPSA) is 144 Å². The lowest BCUT2D eigenvalue weighted by atomic mass is 10.0. The molecular weight excluding hydrogens is 376 g/mol. The molecule has 0 saturated heterocycles. The minimum Gasteiger partial charge on any atom is -0.480 e. The van der Waals surface area contributed by atoms with Crippen LogP contribution in [0.1, 0.15) is 23.2 Å². The standard InChI is InChI=1S/C12H15NO3S.C5H11NO2S/c1-17-10(7-9(13)12(15)16)11(14)8-5-3-2-4-6-8;1-9-3-2-4(6)5(7)8/h2-6,9-10H,7,13H2,1H3,(H,15,16);4H,2-3,6H2,1H3,(H,7,8)/t9-,10?;4-/m00/s1. The largest absolute Gasteiger partial charge is 0.480 e. The monoisotopic (exact) mass is 402 g/mol. The number of hydrogen-bond donors (Lipinski definition) is 4. The average molecular weight is 403 g/mol. The van der Waals surface area contributed by atoms with Gasteiger partial charge in [-0.1, -0.05) is 30.3 Å². The van der Waals surface area contributed by atoms with Gasteiger partial charge in [0.25, 0.3) is 0 Å². The van der Waals surface area contributed by atoms with Gasteiger partial charge in [0, 0.05) is 5.56 Å². The quantitative estimate of drug-likeness (QED) is 0.428. The Bertz CT molecular complexity index is 572. The predicted octanol–water partition coefficient (Wildman–Crippen LogP) is 1.55. The summed E-state index contributed by atoms with van der Waals surface area (Å²) < 4.78 is 0. The number of nitrogens with two attached hydrogens (primary N) is 2. The van der Waals surface area contributed by atoms with Gasteiger partial charge in [0.1, 0.15) is 12.1 Å². The number of rotatable bonds is 10. The molecule has 0 aliphatic carbocycles. The van der Waals surface area contributed by atoms with Crippen LogP contribution in [0.25, 0.3) is 0 Å². The highest BCUT2D eigenvalue weighted by Gasteiger charge is 2.24. The number of thioether (sulfide) groups is 2. The molecule has 1 aromatic rings. The van der Waals surface area contributed by atoms with E-state index in [-0.39, 0.29) is 12.2 Å². The van der Waals surface area contributed by atoms with Gasteiger partial charge in [-0.3, -0.25) is 14.4 Å². The number of aliphatic carboxylic acids is 2. The smallest absolute Gasteiger partial charge is 0.320 e. The van der Waals surface area contributed by atoms with E-state index in [2.05, 4.69) is 0 Å². The summed E-state index contributed by atoms with van der Waals surface area (Å²) in [6.07, 6.45) is 4.40. The molecule has 1 unspecified atom stereocenters. The molecule has 0 aliphatic heterocycles. The molecule has 7 nitrogen and oxygen atoms in total. The zero-order chi connectivity index (χ0) is 20.1. The first-order valence-corrected chi connectivity index (χ1v) is 10.5. The van der Waals surface area contributed by atoms with Gasteiger partial charge in [-0.15, -0.1) is 0 Å². The molecule has 0 heterocycles. The van der Waals surface area contributed by atoms with Crippen molar-refractivity contribution in [1.82, 2.24) is 0 Å². The molecule has 0 aromatic heterocycles. The molecule has 0 saturated carbocycles. The predicted molar refractivity (Wildman–Crippen MR) is 107 cm³/mol. The number of carbonyl (C=O) groups is 3. The third kappa shape index (κ3) is 9.81. The highest BCUT2D eigenvalue weighted by molar-refractivity contribution is 8.00. The molecule has 3 atom stereocenters. The fraction of sp³-hybridized carbons (Fsp3) is 0.471. The number of carbonyl (C=O) groups excluding carboxylic acids is 1. The second-order valence-corrected chi connectivity index (χ2v) is 7.39. The van der Waals surface area contributed by atoms with Crippen molar-refractivity contribution in [1.29, 1.82) is 0 Å². The maximum Gasteiger partial charge on any atom is 0.320 e. The van der Waals surface area contributed by atoms with E-state index in [9.17, 15) is 14.4 Å². The van der Waals surface area contributed by atoms with E-state index in [4.69, 9.17) is 21.7 Å². The molecule has 0 fully saturated rings. The molecule has 26 heavy (non-hydrogen) atoms. The fourth-order valence-corrected chi connectivity index (χ4v) is 3.04. The summed E-state index contributed by atoms with van der Waals surface area (Å²) in [6, 6.07) is 7.14. The van der Waals surface area contributed by atoms with Crippen molar-refractivity contribution in [2.75, 3.05) is 18.3 Å². The Morgan fingerprint density at radius 1 is 1.00 bits per heavy atom. The van der Waals surface area contributed by atoms with E-state index in [1.165, 1.54) is 11.8 Å². The summed E-state index contributed by atoms with van der Waals surface area (Å²) in [5, 5.41) is 16.6. The van der Waals surface area contributed by atoms with Gasteiger partial charge in [-0.25, -0.2) is 0 Å². The van der Waals surface area contributed by atoms with Crippen LogP contribution >= 0.6 is 23.5 Å². The number of carboxylic acid groups (broad SMARTS) is 2. The van der Waals surface area contributed by atoms with E-state index < -0.39 is 29.3 Å². The van der Waals surface area contributed by atoms with Crippen molar-refractivity contribution >= 4 is 41.2 Å². The van der Waals surface area contributed by atoms with Gasteiger partial charge < -0.3 is 21.7 Å². The molecule has 146 valence electrons. The van der Waals surface area contributed by atoms with Crippen molar-refractivity contribution in [3.63, 3.8) is 0 Å². The molecule has 0 spiro atoms. The SMILES string of the molecule is CSC(C[C@H](N)C(=O)O)C(=O)c1ccccc1.CSCC[C@H](N)C(=O)O. The van der Waals surface area contributed by atoms with Crippen molar-refractivity contribution in [3.8, 4) is 0 Å². The van der Waals surface area contributed by atoms with Gasteiger partial charge in [0.2, 0.25) is 0 Å². The van der Waals surface area contributed by atoms with Crippen LogP contribution in [0.3, 0.4) is 0 Å².